The molecule has 1 aromatic carbocycles. The summed E-state index contributed by atoms with van der Waals surface area (Å²) in [7, 11) is 4.03. The highest BCUT2D eigenvalue weighted by atomic mass is 35.5. The smallest absolute Gasteiger partial charge is 0.233 e. The van der Waals surface area contributed by atoms with Crippen LogP contribution in [0, 0.1) is 0 Å². The van der Waals surface area contributed by atoms with Crippen molar-refractivity contribution in [1.29, 1.82) is 0 Å². The van der Waals surface area contributed by atoms with Gasteiger partial charge in [-0.2, -0.15) is 0 Å². The molecule has 0 aliphatic carbocycles. The zero-order valence-corrected chi connectivity index (χ0v) is 19.4. The van der Waals surface area contributed by atoms with Crippen LogP contribution in [0.3, 0.4) is 0 Å². The summed E-state index contributed by atoms with van der Waals surface area (Å²) < 4.78 is 2.03. The van der Waals surface area contributed by atoms with Crippen molar-refractivity contribution in [2.75, 3.05) is 19.8 Å². The Balaban J connectivity index is 1.85. The Hall–Kier alpha value is -1.57. The third-order valence-electron chi connectivity index (χ3n) is 5.70. The fourth-order valence-corrected chi connectivity index (χ4v) is 4.78. The molecule has 0 saturated carbocycles. The number of likely N-dealkylation sites (tertiary alicyclic amines) is 1. The number of carbonyl (C=O) groups is 1. The highest BCUT2D eigenvalue weighted by molar-refractivity contribution is 7.99. The number of halogens is 1. The van der Waals surface area contributed by atoms with Gasteiger partial charge in [0.05, 0.1) is 11.8 Å². The van der Waals surface area contributed by atoms with Gasteiger partial charge in [0.25, 0.3) is 0 Å². The molecule has 29 heavy (non-hydrogen) atoms. The molecule has 0 unspecified atom stereocenters. The van der Waals surface area contributed by atoms with Gasteiger partial charge in [0.1, 0.15) is 0 Å². The van der Waals surface area contributed by atoms with Crippen molar-refractivity contribution in [2.24, 2.45) is 0 Å². The number of thioether (sulfide) groups is 1. The maximum atomic E-state index is 13.0. The maximum absolute atomic E-state index is 13.0. The average Bonchev–Trinajstić information content (AvgIpc) is 3.10. The third kappa shape index (κ3) is 4.95. The lowest BCUT2D eigenvalue weighted by Crippen LogP contribution is -2.48. The predicted molar refractivity (Wildman–Crippen MR) is 119 cm³/mol. The van der Waals surface area contributed by atoms with Crippen molar-refractivity contribution in [1.82, 2.24) is 24.6 Å². The molecule has 8 heteroatoms. The number of hydrogen-bond acceptors (Lipinski definition) is 5. The molecular formula is C21H30ClN5OS. The van der Waals surface area contributed by atoms with Crippen LogP contribution in [0.25, 0.3) is 5.69 Å². The van der Waals surface area contributed by atoms with Crippen LogP contribution in [0.1, 0.15) is 51.9 Å². The summed E-state index contributed by atoms with van der Waals surface area (Å²) >= 11 is 7.53. The normalized spacial score (nSPS) is 20.9. The van der Waals surface area contributed by atoms with E-state index in [-0.39, 0.29) is 11.9 Å². The summed E-state index contributed by atoms with van der Waals surface area (Å²) in [5.74, 6) is 1.37. The van der Waals surface area contributed by atoms with E-state index < -0.39 is 0 Å². The Bertz CT molecular complexity index is 828. The maximum Gasteiger partial charge on any atom is 0.233 e. The summed E-state index contributed by atoms with van der Waals surface area (Å²) in [5, 5.41) is 10.3. The van der Waals surface area contributed by atoms with E-state index in [2.05, 4.69) is 35.9 Å². The molecule has 0 radical (unpaired) electrons. The highest BCUT2D eigenvalue weighted by Gasteiger charge is 2.29. The van der Waals surface area contributed by atoms with E-state index >= 15 is 0 Å². The molecule has 2 heterocycles. The molecule has 1 aromatic heterocycles. The lowest BCUT2D eigenvalue weighted by atomic mass is 9.98. The number of nitrogens with zero attached hydrogens (tertiary/aromatic N) is 5. The van der Waals surface area contributed by atoms with Crippen LogP contribution in [-0.4, -0.2) is 62.4 Å². The summed E-state index contributed by atoms with van der Waals surface area (Å²) in [4.78, 5) is 17.1. The molecular weight excluding hydrogens is 406 g/mol. The molecule has 1 amide bonds. The number of aromatic nitrogens is 3. The molecule has 2 aromatic rings. The van der Waals surface area contributed by atoms with Gasteiger partial charge in [-0.25, -0.2) is 0 Å². The molecule has 3 atom stereocenters. The van der Waals surface area contributed by atoms with E-state index in [0.29, 0.717) is 22.9 Å². The largest absolute Gasteiger partial charge is 0.337 e. The molecule has 158 valence electrons. The van der Waals surface area contributed by atoms with Crippen LogP contribution in [0.2, 0.25) is 5.02 Å². The lowest BCUT2D eigenvalue weighted by molar-refractivity contribution is -0.134. The number of rotatable bonds is 6. The van der Waals surface area contributed by atoms with E-state index in [9.17, 15) is 4.79 Å². The lowest BCUT2D eigenvalue weighted by Gasteiger charge is -2.39. The third-order valence-corrected chi connectivity index (χ3v) is 6.86. The van der Waals surface area contributed by atoms with E-state index in [0.717, 1.165) is 29.5 Å². The van der Waals surface area contributed by atoms with E-state index in [1.54, 1.807) is 0 Å². The molecule has 6 nitrogen and oxygen atoms in total. The fourth-order valence-electron chi connectivity index (χ4n) is 3.82. The van der Waals surface area contributed by atoms with Gasteiger partial charge in [0.2, 0.25) is 5.91 Å². The van der Waals surface area contributed by atoms with Crippen molar-refractivity contribution < 1.29 is 4.79 Å². The van der Waals surface area contributed by atoms with Crippen LogP contribution < -0.4 is 0 Å². The highest BCUT2D eigenvalue weighted by Crippen LogP contribution is 2.29. The Labute approximate surface area is 182 Å². The second-order valence-electron chi connectivity index (χ2n) is 8.01. The van der Waals surface area contributed by atoms with Crippen molar-refractivity contribution in [3.63, 3.8) is 0 Å². The summed E-state index contributed by atoms with van der Waals surface area (Å²) in [6.45, 7) is 6.38. The first-order chi connectivity index (χ1) is 13.8. The number of hydrogen-bond donors (Lipinski definition) is 0. The minimum absolute atomic E-state index is 0.0744. The molecule has 1 fully saturated rings. The number of benzene rings is 1. The average molecular weight is 436 g/mol. The van der Waals surface area contributed by atoms with Crippen molar-refractivity contribution >= 4 is 29.3 Å². The van der Waals surface area contributed by atoms with Gasteiger partial charge in [-0.3, -0.25) is 14.3 Å². The zero-order chi connectivity index (χ0) is 21.1. The topological polar surface area (TPSA) is 54.3 Å². The van der Waals surface area contributed by atoms with Gasteiger partial charge in [-0.1, -0.05) is 23.4 Å². The first-order valence-corrected chi connectivity index (χ1v) is 11.5. The van der Waals surface area contributed by atoms with Crippen molar-refractivity contribution in [2.45, 2.75) is 63.3 Å². The van der Waals surface area contributed by atoms with Crippen LogP contribution in [-0.2, 0) is 4.79 Å². The second-order valence-corrected chi connectivity index (χ2v) is 9.39. The molecule has 1 aliphatic rings. The first kappa shape index (κ1) is 22.1. The van der Waals surface area contributed by atoms with Gasteiger partial charge in [-0.15, -0.1) is 10.2 Å². The number of carbonyl (C=O) groups excluding carboxylic acids is 1. The minimum Gasteiger partial charge on any atom is -0.337 e. The first-order valence-electron chi connectivity index (χ1n) is 10.1. The Kier molecular flexibility index (Phi) is 7.24. The Morgan fingerprint density at radius 3 is 2.41 bits per heavy atom. The zero-order valence-electron chi connectivity index (χ0n) is 17.8. The second kappa shape index (κ2) is 9.49. The summed E-state index contributed by atoms with van der Waals surface area (Å²) in [6, 6.07) is 8.30. The molecule has 1 saturated heterocycles. The molecule has 0 spiro atoms. The van der Waals surface area contributed by atoms with Crippen LogP contribution in [0.15, 0.2) is 29.4 Å². The monoisotopic (exact) mass is 435 g/mol. The van der Waals surface area contributed by atoms with Crippen molar-refractivity contribution in [3.05, 3.63) is 35.1 Å². The van der Waals surface area contributed by atoms with Crippen LogP contribution >= 0.6 is 23.4 Å². The van der Waals surface area contributed by atoms with Crippen LogP contribution in [0.5, 0.6) is 0 Å². The standard InChI is InChI=1S/C21H30ClN5OS/c1-14-7-6-8-15(2)26(14)19(28)13-29-21-24-23-20(16(3)25(4)5)27(21)18-11-9-17(22)10-12-18/h9-12,14-16H,6-8,13H2,1-5H3/t14-,15-,16-/m1/s1. The van der Waals surface area contributed by atoms with Gasteiger partial charge in [0.15, 0.2) is 11.0 Å². The van der Waals surface area contributed by atoms with Gasteiger partial charge in [0, 0.05) is 22.8 Å². The van der Waals surface area contributed by atoms with E-state index in [1.807, 2.05) is 47.8 Å². The van der Waals surface area contributed by atoms with Gasteiger partial charge in [-0.05, 0) is 78.4 Å². The SMILES string of the molecule is C[C@H](c1nnc(SCC(=O)N2[C@H](C)CCC[C@H]2C)n1-c1ccc(Cl)cc1)N(C)C. The predicted octanol–water partition coefficient (Wildman–Crippen LogP) is 4.42. The van der Waals surface area contributed by atoms with E-state index in [1.165, 1.54) is 18.2 Å². The Morgan fingerprint density at radius 1 is 1.21 bits per heavy atom. The Morgan fingerprint density at radius 2 is 1.83 bits per heavy atom. The number of amides is 1. The summed E-state index contributed by atoms with van der Waals surface area (Å²) in [6.07, 6.45) is 3.34. The van der Waals surface area contributed by atoms with Gasteiger partial charge < -0.3 is 4.90 Å². The minimum atomic E-state index is 0.0744. The molecule has 0 bridgehead atoms. The quantitative estimate of drug-likeness (QED) is 0.628. The number of piperidine rings is 1. The van der Waals surface area contributed by atoms with Gasteiger partial charge >= 0.3 is 0 Å². The molecule has 0 N–H and O–H groups in total. The van der Waals surface area contributed by atoms with Crippen LogP contribution in [0.4, 0.5) is 0 Å². The fraction of sp³-hybridized carbons (Fsp3) is 0.571. The van der Waals surface area contributed by atoms with Crippen molar-refractivity contribution in [3.8, 4) is 5.69 Å². The molecule has 3 rings (SSSR count). The summed E-state index contributed by atoms with van der Waals surface area (Å²) in [5.41, 5.74) is 0.942. The molecule has 1 aliphatic heterocycles. The van der Waals surface area contributed by atoms with E-state index in [4.69, 9.17) is 11.6 Å².